The van der Waals surface area contributed by atoms with Gasteiger partial charge in [0.25, 0.3) is 0 Å². The zero-order chi connectivity index (χ0) is 11.2. The average molecular weight is 211 g/mol. The van der Waals surface area contributed by atoms with Crippen molar-refractivity contribution in [3.8, 4) is 0 Å². The van der Waals surface area contributed by atoms with Gasteiger partial charge >= 0.3 is 0 Å². The van der Waals surface area contributed by atoms with Gasteiger partial charge in [0.15, 0.2) is 5.82 Å². The molecule has 0 aliphatic carbocycles. The zero-order valence-electron chi connectivity index (χ0n) is 8.93. The summed E-state index contributed by atoms with van der Waals surface area (Å²) in [7, 11) is 0. The maximum atomic E-state index is 4.46. The molecule has 80 valence electrons. The molecule has 0 unspecified atom stereocenters. The first kappa shape index (κ1) is 10.4. The summed E-state index contributed by atoms with van der Waals surface area (Å²) in [5.74, 6) is 0.785. The molecule has 1 aromatic carbocycles. The third kappa shape index (κ3) is 2.25. The third-order valence-corrected chi connectivity index (χ3v) is 2.15. The molecule has 3 nitrogen and oxygen atoms in total. The first-order valence-electron chi connectivity index (χ1n) is 5.12. The van der Waals surface area contributed by atoms with Crippen molar-refractivity contribution in [1.82, 2.24) is 9.97 Å². The van der Waals surface area contributed by atoms with E-state index in [-0.39, 0.29) is 0 Å². The summed E-state index contributed by atoms with van der Waals surface area (Å²) in [5, 5.41) is 0. The Balaban J connectivity index is 2.40. The SMILES string of the molecule is C=CCN=C(c1ccccc1)c1ncc[nH]1. The van der Waals surface area contributed by atoms with Gasteiger partial charge in [0, 0.05) is 18.0 Å². The number of nitrogens with one attached hydrogen (secondary N) is 1. The van der Waals surface area contributed by atoms with Crippen LogP contribution in [0, 0.1) is 0 Å². The lowest BCUT2D eigenvalue weighted by atomic mass is 10.1. The van der Waals surface area contributed by atoms with Gasteiger partial charge in [-0.3, -0.25) is 4.99 Å². The Bertz CT molecular complexity index is 469. The van der Waals surface area contributed by atoms with Gasteiger partial charge in [0.05, 0.1) is 6.54 Å². The Labute approximate surface area is 94.6 Å². The van der Waals surface area contributed by atoms with Crippen LogP contribution in [-0.2, 0) is 0 Å². The smallest absolute Gasteiger partial charge is 0.156 e. The van der Waals surface area contributed by atoms with Gasteiger partial charge in [-0.05, 0) is 0 Å². The Morgan fingerprint density at radius 2 is 2.19 bits per heavy atom. The summed E-state index contributed by atoms with van der Waals surface area (Å²) >= 11 is 0. The van der Waals surface area contributed by atoms with Crippen LogP contribution in [-0.4, -0.2) is 22.2 Å². The van der Waals surface area contributed by atoms with E-state index >= 15 is 0 Å². The summed E-state index contributed by atoms with van der Waals surface area (Å²) in [6.45, 7) is 4.26. The number of nitrogens with zero attached hydrogens (tertiary/aromatic N) is 2. The molecule has 0 spiro atoms. The predicted octanol–water partition coefficient (Wildman–Crippen LogP) is 2.43. The van der Waals surface area contributed by atoms with Crippen molar-refractivity contribution in [3.05, 3.63) is 66.8 Å². The Kier molecular flexibility index (Phi) is 3.28. The summed E-state index contributed by atoms with van der Waals surface area (Å²) in [6, 6.07) is 10.00. The number of hydrogen-bond acceptors (Lipinski definition) is 2. The molecule has 1 heterocycles. The van der Waals surface area contributed by atoms with Crippen LogP contribution >= 0.6 is 0 Å². The maximum absolute atomic E-state index is 4.46. The molecule has 0 aliphatic heterocycles. The van der Waals surface area contributed by atoms with E-state index < -0.39 is 0 Å². The van der Waals surface area contributed by atoms with Crippen molar-refractivity contribution in [2.75, 3.05) is 6.54 Å². The number of imidazole rings is 1. The fourth-order valence-corrected chi connectivity index (χ4v) is 1.45. The van der Waals surface area contributed by atoms with Gasteiger partial charge in [0.1, 0.15) is 5.71 Å². The first-order valence-corrected chi connectivity index (χ1v) is 5.12. The van der Waals surface area contributed by atoms with E-state index in [1.165, 1.54) is 0 Å². The van der Waals surface area contributed by atoms with E-state index in [0.717, 1.165) is 17.1 Å². The van der Waals surface area contributed by atoms with E-state index in [1.54, 1.807) is 18.5 Å². The topological polar surface area (TPSA) is 41.0 Å². The molecule has 16 heavy (non-hydrogen) atoms. The molecule has 3 heteroatoms. The summed E-state index contributed by atoms with van der Waals surface area (Å²) < 4.78 is 0. The number of aliphatic imine (C=N–C) groups is 1. The van der Waals surface area contributed by atoms with E-state index in [1.807, 2.05) is 30.3 Å². The maximum Gasteiger partial charge on any atom is 0.156 e. The van der Waals surface area contributed by atoms with Crippen molar-refractivity contribution >= 4 is 5.71 Å². The Hall–Kier alpha value is -2.16. The number of rotatable bonds is 4. The molecule has 1 N–H and O–H groups in total. The van der Waals surface area contributed by atoms with E-state index in [0.29, 0.717) is 6.54 Å². The van der Waals surface area contributed by atoms with Gasteiger partial charge in [-0.1, -0.05) is 36.4 Å². The van der Waals surface area contributed by atoms with Gasteiger partial charge in [0.2, 0.25) is 0 Å². The molecule has 1 aromatic heterocycles. The lowest BCUT2D eigenvalue weighted by Gasteiger charge is -2.02. The minimum Gasteiger partial charge on any atom is -0.343 e. The highest BCUT2D eigenvalue weighted by atomic mass is 14.9. The fraction of sp³-hybridized carbons (Fsp3) is 0.0769. The molecule has 0 saturated heterocycles. The highest BCUT2D eigenvalue weighted by Gasteiger charge is 2.07. The summed E-state index contributed by atoms with van der Waals surface area (Å²) in [6.07, 6.45) is 5.29. The van der Waals surface area contributed by atoms with Gasteiger partial charge in [-0.15, -0.1) is 6.58 Å². The second-order valence-electron chi connectivity index (χ2n) is 3.28. The van der Waals surface area contributed by atoms with Crippen LogP contribution in [0.1, 0.15) is 11.4 Å². The minimum absolute atomic E-state index is 0.588. The normalized spacial score (nSPS) is 11.4. The highest BCUT2D eigenvalue weighted by molar-refractivity contribution is 6.10. The van der Waals surface area contributed by atoms with Crippen molar-refractivity contribution < 1.29 is 0 Å². The lowest BCUT2D eigenvalue weighted by Crippen LogP contribution is -2.06. The van der Waals surface area contributed by atoms with E-state index in [2.05, 4.69) is 21.5 Å². The summed E-state index contributed by atoms with van der Waals surface area (Å²) in [5.41, 5.74) is 1.92. The number of benzene rings is 1. The van der Waals surface area contributed by atoms with Crippen LogP contribution in [0.2, 0.25) is 0 Å². The quantitative estimate of drug-likeness (QED) is 0.612. The second kappa shape index (κ2) is 5.07. The van der Waals surface area contributed by atoms with E-state index in [9.17, 15) is 0 Å². The molecule has 0 amide bonds. The number of H-pyrrole nitrogens is 1. The monoisotopic (exact) mass is 211 g/mol. The Morgan fingerprint density at radius 1 is 1.38 bits per heavy atom. The molecular weight excluding hydrogens is 198 g/mol. The fourth-order valence-electron chi connectivity index (χ4n) is 1.45. The molecule has 2 aromatic rings. The molecular formula is C13H13N3. The van der Waals surface area contributed by atoms with Crippen LogP contribution in [0.25, 0.3) is 0 Å². The standard InChI is InChI=1S/C13H13N3/c1-2-8-14-12(13-15-9-10-16-13)11-6-4-3-5-7-11/h2-7,9-10H,1,8H2,(H,15,16). The summed E-state index contributed by atoms with van der Waals surface area (Å²) in [4.78, 5) is 11.8. The minimum atomic E-state index is 0.588. The number of aromatic amines is 1. The lowest BCUT2D eigenvalue weighted by molar-refractivity contribution is 1.19. The van der Waals surface area contributed by atoms with Crippen molar-refractivity contribution in [2.24, 2.45) is 4.99 Å². The predicted molar refractivity (Wildman–Crippen MR) is 65.7 cm³/mol. The molecule has 0 bridgehead atoms. The Morgan fingerprint density at radius 3 is 2.81 bits per heavy atom. The molecule has 0 saturated carbocycles. The van der Waals surface area contributed by atoms with Crippen LogP contribution in [0.3, 0.4) is 0 Å². The van der Waals surface area contributed by atoms with Crippen molar-refractivity contribution in [2.45, 2.75) is 0 Å². The zero-order valence-corrected chi connectivity index (χ0v) is 8.93. The third-order valence-electron chi connectivity index (χ3n) is 2.15. The molecule has 0 radical (unpaired) electrons. The van der Waals surface area contributed by atoms with E-state index in [4.69, 9.17) is 0 Å². The number of hydrogen-bond donors (Lipinski definition) is 1. The van der Waals surface area contributed by atoms with Crippen LogP contribution in [0.4, 0.5) is 0 Å². The van der Waals surface area contributed by atoms with Gasteiger partial charge in [-0.25, -0.2) is 4.98 Å². The van der Waals surface area contributed by atoms with Crippen molar-refractivity contribution in [3.63, 3.8) is 0 Å². The van der Waals surface area contributed by atoms with Gasteiger partial charge < -0.3 is 4.98 Å². The van der Waals surface area contributed by atoms with Crippen molar-refractivity contribution in [1.29, 1.82) is 0 Å². The molecule has 0 atom stereocenters. The molecule has 0 fully saturated rings. The number of aromatic nitrogens is 2. The van der Waals surface area contributed by atoms with Crippen LogP contribution < -0.4 is 0 Å². The molecule has 0 aliphatic rings. The van der Waals surface area contributed by atoms with Gasteiger partial charge in [-0.2, -0.15) is 0 Å². The van der Waals surface area contributed by atoms with Crippen LogP contribution in [0.5, 0.6) is 0 Å². The highest BCUT2D eigenvalue weighted by Crippen LogP contribution is 2.07. The second-order valence-corrected chi connectivity index (χ2v) is 3.28. The average Bonchev–Trinajstić information content (AvgIpc) is 2.85. The largest absolute Gasteiger partial charge is 0.343 e. The first-order chi connectivity index (χ1) is 7.92. The van der Waals surface area contributed by atoms with Crippen LogP contribution in [0.15, 0.2) is 60.4 Å². The molecule has 2 rings (SSSR count).